The van der Waals surface area contributed by atoms with Gasteiger partial charge in [0.15, 0.2) is 0 Å². The summed E-state index contributed by atoms with van der Waals surface area (Å²) in [4.78, 5) is 2.14. The van der Waals surface area contributed by atoms with Crippen molar-refractivity contribution in [3.8, 4) is 0 Å². The molecule has 0 atom stereocenters. The number of benzene rings is 1. The van der Waals surface area contributed by atoms with Gasteiger partial charge in [-0.2, -0.15) is 13.2 Å². The first-order valence-electron chi connectivity index (χ1n) is 6.77. The van der Waals surface area contributed by atoms with Crippen LogP contribution in [0.4, 0.5) is 18.9 Å². The summed E-state index contributed by atoms with van der Waals surface area (Å²) in [6.07, 6.45) is 0.183. The van der Waals surface area contributed by atoms with Crippen LogP contribution in [0.15, 0.2) is 22.7 Å². The Bertz CT molecular complexity index is 456. The van der Waals surface area contributed by atoms with E-state index in [-0.39, 0.29) is 0 Å². The molecule has 0 saturated heterocycles. The lowest BCUT2D eigenvalue weighted by atomic mass is 10.1. The molecule has 1 aliphatic rings. The molecule has 0 unspecified atom stereocenters. The van der Waals surface area contributed by atoms with E-state index in [9.17, 15) is 13.2 Å². The summed E-state index contributed by atoms with van der Waals surface area (Å²) >= 11 is 3.27. The van der Waals surface area contributed by atoms with Gasteiger partial charge in [0.1, 0.15) is 0 Å². The summed E-state index contributed by atoms with van der Waals surface area (Å²) in [5, 5.41) is 0. The Labute approximate surface area is 125 Å². The Hall–Kier alpha value is -0.750. The molecular weight excluding hydrogens is 333 g/mol. The van der Waals surface area contributed by atoms with Gasteiger partial charge in [-0.3, -0.25) is 0 Å². The molecule has 2 rings (SSSR count). The Kier molecular flexibility index (Phi) is 4.96. The molecule has 2 nitrogen and oxygen atoms in total. The molecule has 1 aromatic carbocycles. The minimum Gasteiger partial charge on any atom is -0.366 e. The summed E-state index contributed by atoms with van der Waals surface area (Å²) in [6, 6.07) is 4.21. The first kappa shape index (κ1) is 15.6. The highest BCUT2D eigenvalue weighted by atomic mass is 79.9. The zero-order valence-corrected chi connectivity index (χ0v) is 12.7. The fraction of sp³-hybridized carbons (Fsp3) is 0.571. The van der Waals surface area contributed by atoms with E-state index in [0.717, 1.165) is 30.7 Å². The molecule has 0 aromatic heterocycles. The lowest BCUT2D eigenvalue weighted by Crippen LogP contribution is -2.37. The maximum Gasteiger partial charge on any atom is 0.416 e. The molecule has 2 N–H and O–H groups in total. The topological polar surface area (TPSA) is 29.3 Å². The van der Waals surface area contributed by atoms with E-state index >= 15 is 0 Å². The zero-order chi connectivity index (χ0) is 14.8. The monoisotopic (exact) mass is 350 g/mol. The van der Waals surface area contributed by atoms with Crippen molar-refractivity contribution in [3.63, 3.8) is 0 Å². The average Bonchev–Trinajstić information content (AvgIpc) is 2.89. The van der Waals surface area contributed by atoms with E-state index < -0.39 is 11.7 Å². The number of hydrogen-bond donors (Lipinski definition) is 1. The van der Waals surface area contributed by atoms with Gasteiger partial charge in [0.25, 0.3) is 0 Å². The molecule has 112 valence electrons. The molecule has 20 heavy (non-hydrogen) atoms. The van der Waals surface area contributed by atoms with Gasteiger partial charge < -0.3 is 10.6 Å². The third-order valence-corrected chi connectivity index (χ3v) is 4.36. The molecule has 0 aliphatic heterocycles. The molecular formula is C14H18BrF3N2. The van der Waals surface area contributed by atoms with Crippen molar-refractivity contribution in [2.24, 2.45) is 5.73 Å². The fourth-order valence-corrected chi connectivity index (χ4v) is 3.38. The largest absolute Gasteiger partial charge is 0.416 e. The molecule has 0 heterocycles. The van der Waals surface area contributed by atoms with Crippen LogP contribution in [0.2, 0.25) is 0 Å². The first-order chi connectivity index (χ1) is 9.43. The lowest BCUT2D eigenvalue weighted by Gasteiger charge is -2.32. The minimum absolute atomic E-state index is 0.381. The van der Waals surface area contributed by atoms with E-state index in [0.29, 0.717) is 23.6 Å². The molecule has 0 amide bonds. The van der Waals surface area contributed by atoms with Gasteiger partial charge in [-0.05, 0) is 47.0 Å². The standard InChI is InChI=1S/C14H18BrF3N2/c15-12-9-10(14(16,17)18)5-6-13(12)20(8-7-19)11-3-1-2-4-11/h5-6,9,11H,1-4,7-8,19H2. The van der Waals surface area contributed by atoms with Crippen molar-refractivity contribution in [2.45, 2.75) is 37.9 Å². The molecule has 0 spiro atoms. The van der Waals surface area contributed by atoms with E-state index in [1.807, 2.05) is 0 Å². The van der Waals surface area contributed by atoms with E-state index in [1.165, 1.54) is 12.8 Å². The predicted octanol–water partition coefficient (Wildman–Crippen LogP) is 4.18. The Morgan fingerprint density at radius 3 is 2.40 bits per heavy atom. The summed E-state index contributed by atoms with van der Waals surface area (Å²) in [7, 11) is 0. The normalized spacial score (nSPS) is 16.6. The van der Waals surface area contributed by atoms with Crippen LogP contribution in [0.3, 0.4) is 0 Å². The second kappa shape index (κ2) is 6.35. The van der Waals surface area contributed by atoms with Crippen LogP contribution >= 0.6 is 15.9 Å². The molecule has 0 bridgehead atoms. The average molecular weight is 351 g/mol. The zero-order valence-electron chi connectivity index (χ0n) is 11.1. The van der Waals surface area contributed by atoms with Gasteiger partial charge in [0.2, 0.25) is 0 Å². The molecule has 1 saturated carbocycles. The van der Waals surface area contributed by atoms with Crippen molar-refractivity contribution in [1.29, 1.82) is 0 Å². The summed E-state index contributed by atoms with van der Waals surface area (Å²) in [5.41, 5.74) is 5.82. The molecule has 6 heteroatoms. The van der Waals surface area contributed by atoms with Crippen LogP contribution in [0, 0.1) is 0 Å². The van der Waals surface area contributed by atoms with Gasteiger partial charge in [0, 0.05) is 23.6 Å². The summed E-state index contributed by atoms with van der Waals surface area (Å²) < 4.78 is 38.6. The molecule has 1 aromatic rings. The van der Waals surface area contributed by atoms with Crippen LogP contribution in [-0.4, -0.2) is 19.1 Å². The second-order valence-corrected chi connectivity index (χ2v) is 5.94. The number of rotatable bonds is 4. The first-order valence-corrected chi connectivity index (χ1v) is 7.56. The highest BCUT2D eigenvalue weighted by Crippen LogP contribution is 2.37. The van der Waals surface area contributed by atoms with Crippen molar-refractivity contribution in [2.75, 3.05) is 18.0 Å². The van der Waals surface area contributed by atoms with Gasteiger partial charge in [0.05, 0.1) is 11.3 Å². The van der Waals surface area contributed by atoms with Crippen molar-refractivity contribution < 1.29 is 13.2 Å². The Balaban J connectivity index is 2.29. The van der Waals surface area contributed by atoms with Crippen LogP contribution in [0.1, 0.15) is 31.2 Å². The smallest absolute Gasteiger partial charge is 0.366 e. The third kappa shape index (κ3) is 3.47. The number of alkyl halides is 3. The van der Waals surface area contributed by atoms with Crippen molar-refractivity contribution in [3.05, 3.63) is 28.2 Å². The third-order valence-electron chi connectivity index (χ3n) is 3.72. The van der Waals surface area contributed by atoms with Gasteiger partial charge in [-0.1, -0.05) is 12.8 Å². The van der Waals surface area contributed by atoms with Crippen LogP contribution in [0.25, 0.3) is 0 Å². The quantitative estimate of drug-likeness (QED) is 0.882. The van der Waals surface area contributed by atoms with Gasteiger partial charge >= 0.3 is 6.18 Å². The van der Waals surface area contributed by atoms with Crippen molar-refractivity contribution in [1.82, 2.24) is 0 Å². The van der Waals surface area contributed by atoms with E-state index in [2.05, 4.69) is 20.8 Å². The number of anilines is 1. The molecule has 1 fully saturated rings. The highest BCUT2D eigenvalue weighted by molar-refractivity contribution is 9.10. The molecule has 1 aliphatic carbocycles. The number of nitrogens with two attached hydrogens (primary N) is 1. The van der Waals surface area contributed by atoms with Crippen LogP contribution < -0.4 is 10.6 Å². The highest BCUT2D eigenvalue weighted by Gasteiger charge is 2.32. The maximum absolute atomic E-state index is 12.7. The SMILES string of the molecule is NCCN(c1ccc(C(F)(F)F)cc1Br)C1CCCC1. The molecule has 0 radical (unpaired) electrons. The van der Waals surface area contributed by atoms with E-state index in [1.54, 1.807) is 6.07 Å². The van der Waals surface area contributed by atoms with Crippen LogP contribution in [-0.2, 0) is 6.18 Å². The minimum atomic E-state index is -4.31. The Morgan fingerprint density at radius 2 is 1.90 bits per heavy atom. The predicted molar refractivity (Wildman–Crippen MR) is 77.8 cm³/mol. The number of halogens is 4. The number of hydrogen-bond acceptors (Lipinski definition) is 2. The van der Waals surface area contributed by atoms with Crippen molar-refractivity contribution >= 4 is 21.6 Å². The summed E-state index contributed by atoms with van der Waals surface area (Å²) in [5.74, 6) is 0. The van der Waals surface area contributed by atoms with Gasteiger partial charge in [-0.15, -0.1) is 0 Å². The van der Waals surface area contributed by atoms with Gasteiger partial charge in [-0.25, -0.2) is 0 Å². The Morgan fingerprint density at radius 1 is 1.25 bits per heavy atom. The maximum atomic E-state index is 12.7. The summed E-state index contributed by atoms with van der Waals surface area (Å²) in [6.45, 7) is 1.15. The lowest BCUT2D eigenvalue weighted by molar-refractivity contribution is -0.137. The second-order valence-electron chi connectivity index (χ2n) is 5.08. The number of nitrogens with zero attached hydrogens (tertiary/aromatic N) is 1. The van der Waals surface area contributed by atoms with Crippen LogP contribution in [0.5, 0.6) is 0 Å². The van der Waals surface area contributed by atoms with E-state index in [4.69, 9.17) is 5.73 Å². The fourth-order valence-electron chi connectivity index (χ4n) is 2.77.